The van der Waals surface area contributed by atoms with Crippen LogP contribution in [-0.2, 0) is 9.59 Å². The van der Waals surface area contributed by atoms with E-state index in [4.69, 9.17) is 0 Å². The van der Waals surface area contributed by atoms with Crippen LogP contribution in [0.4, 0.5) is 0 Å². The Kier molecular flexibility index (Phi) is 3.27. The first-order valence-electron chi connectivity index (χ1n) is 9.18. The molecule has 1 unspecified atom stereocenters. The van der Waals surface area contributed by atoms with Crippen LogP contribution in [0.3, 0.4) is 0 Å². The Morgan fingerprint density at radius 2 is 1.87 bits per heavy atom. The van der Waals surface area contributed by atoms with E-state index in [2.05, 4.69) is 19.0 Å². The summed E-state index contributed by atoms with van der Waals surface area (Å²) < 4.78 is 0. The molecule has 0 aromatic carbocycles. The molecule has 0 spiro atoms. The number of carbonyl (C=O) groups is 2. The molecule has 6 atom stereocenters. The Balaban J connectivity index is 1.79. The standard InChI is InChI=1S/C19H27NO3/c1-18-7-3-4-12(18)15-13(6-8-18)19(2)9-5-11(21)10-14(19)16(20-23)17(15)22/h12-15,23H,3-10H2,1-2H3/b20-16-/t12-,13-,14?,15-,18-,19+/m0/s1. The maximum absolute atomic E-state index is 13.2. The van der Waals surface area contributed by atoms with Gasteiger partial charge in [-0.15, -0.1) is 0 Å². The van der Waals surface area contributed by atoms with Crippen LogP contribution in [0.15, 0.2) is 5.16 Å². The maximum atomic E-state index is 13.2. The molecule has 0 bridgehead atoms. The SMILES string of the molecule is C[C@@]12CCC[C@H]1[C@@H]1C(=O)/C(=N\O)C3CC(=O)CC[C@]3(C)[C@H]1CC2. The van der Waals surface area contributed by atoms with Crippen LogP contribution in [0.2, 0.25) is 0 Å². The zero-order chi connectivity index (χ0) is 16.4. The van der Waals surface area contributed by atoms with Gasteiger partial charge in [-0.25, -0.2) is 0 Å². The normalized spacial score (nSPS) is 51.3. The van der Waals surface area contributed by atoms with Crippen molar-refractivity contribution in [3.63, 3.8) is 0 Å². The number of nitrogens with zero attached hydrogens (tertiary/aromatic N) is 1. The number of hydrogen-bond donors (Lipinski definition) is 1. The van der Waals surface area contributed by atoms with E-state index in [-0.39, 0.29) is 34.2 Å². The number of fused-ring (bicyclic) bond motifs is 5. The van der Waals surface area contributed by atoms with Gasteiger partial charge in [0.05, 0.1) is 0 Å². The Morgan fingerprint density at radius 1 is 1.09 bits per heavy atom. The first-order valence-corrected chi connectivity index (χ1v) is 9.18. The second-order valence-corrected chi connectivity index (χ2v) is 8.97. The van der Waals surface area contributed by atoms with Gasteiger partial charge in [-0.3, -0.25) is 9.59 Å². The summed E-state index contributed by atoms with van der Waals surface area (Å²) in [4.78, 5) is 25.2. The molecule has 4 aliphatic rings. The predicted molar refractivity (Wildman–Crippen MR) is 86.3 cm³/mol. The van der Waals surface area contributed by atoms with Crippen molar-refractivity contribution in [2.24, 2.45) is 39.7 Å². The van der Waals surface area contributed by atoms with Crippen LogP contribution < -0.4 is 0 Å². The fourth-order valence-corrected chi connectivity index (χ4v) is 6.69. The van der Waals surface area contributed by atoms with Crippen LogP contribution in [-0.4, -0.2) is 22.5 Å². The third-order valence-corrected chi connectivity index (χ3v) is 8.06. The Labute approximate surface area is 137 Å². The third kappa shape index (κ3) is 1.93. The van der Waals surface area contributed by atoms with Gasteiger partial charge in [-0.05, 0) is 54.8 Å². The lowest BCUT2D eigenvalue weighted by molar-refractivity contribution is -0.141. The van der Waals surface area contributed by atoms with Gasteiger partial charge in [-0.2, -0.15) is 0 Å². The van der Waals surface area contributed by atoms with E-state index in [1.165, 1.54) is 19.3 Å². The Morgan fingerprint density at radius 3 is 2.61 bits per heavy atom. The summed E-state index contributed by atoms with van der Waals surface area (Å²) in [5.74, 6) is 0.884. The lowest BCUT2D eigenvalue weighted by Crippen LogP contribution is -2.60. The topological polar surface area (TPSA) is 66.7 Å². The Hall–Kier alpha value is -1.19. The molecule has 0 radical (unpaired) electrons. The molecule has 0 aliphatic heterocycles. The summed E-state index contributed by atoms with van der Waals surface area (Å²) in [5.41, 5.74) is 0.529. The average Bonchev–Trinajstić information content (AvgIpc) is 2.91. The van der Waals surface area contributed by atoms with Crippen molar-refractivity contribution in [2.45, 2.75) is 65.2 Å². The van der Waals surface area contributed by atoms with Gasteiger partial charge >= 0.3 is 0 Å². The highest BCUT2D eigenvalue weighted by atomic mass is 16.4. The molecule has 23 heavy (non-hydrogen) atoms. The van der Waals surface area contributed by atoms with Gasteiger partial charge < -0.3 is 5.21 Å². The zero-order valence-corrected chi connectivity index (χ0v) is 14.2. The van der Waals surface area contributed by atoms with Crippen molar-refractivity contribution in [2.75, 3.05) is 0 Å². The number of Topliss-reactive ketones (excluding diaryl/α,β-unsaturated/α-hetero) is 2. The van der Waals surface area contributed by atoms with E-state index >= 15 is 0 Å². The number of rotatable bonds is 0. The van der Waals surface area contributed by atoms with E-state index in [0.29, 0.717) is 30.4 Å². The molecule has 4 rings (SSSR count). The largest absolute Gasteiger partial charge is 0.411 e. The average molecular weight is 317 g/mol. The van der Waals surface area contributed by atoms with E-state index in [1.807, 2.05) is 0 Å². The van der Waals surface area contributed by atoms with Crippen molar-refractivity contribution in [1.29, 1.82) is 0 Å². The molecule has 4 nitrogen and oxygen atoms in total. The molecule has 4 aliphatic carbocycles. The van der Waals surface area contributed by atoms with E-state index in [0.717, 1.165) is 19.3 Å². The number of carbonyl (C=O) groups excluding carboxylic acids is 2. The van der Waals surface area contributed by atoms with Crippen molar-refractivity contribution in [3.05, 3.63) is 0 Å². The molecule has 0 amide bonds. The summed E-state index contributed by atoms with van der Waals surface area (Å²) in [7, 11) is 0. The molecule has 0 aromatic rings. The highest BCUT2D eigenvalue weighted by Crippen LogP contribution is 2.64. The van der Waals surface area contributed by atoms with E-state index in [1.54, 1.807) is 0 Å². The minimum atomic E-state index is -0.173. The summed E-state index contributed by atoms with van der Waals surface area (Å²) in [5, 5.41) is 13.0. The number of ketones is 2. The first-order chi connectivity index (χ1) is 10.9. The fourth-order valence-electron chi connectivity index (χ4n) is 6.69. The van der Waals surface area contributed by atoms with E-state index < -0.39 is 0 Å². The minimum Gasteiger partial charge on any atom is -0.411 e. The molecule has 4 saturated carbocycles. The van der Waals surface area contributed by atoms with Gasteiger partial charge in [0.1, 0.15) is 11.5 Å². The molecular weight excluding hydrogens is 290 g/mol. The van der Waals surface area contributed by atoms with Crippen LogP contribution in [0.5, 0.6) is 0 Å². The van der Waals surface area contributed by atoms with Crippen molar-refractivity contribution in [1.82, 2.24) is 0 Å². The lowest BCUT2D eigenvalue weighted by Gasteiger charge is -2.58. The van der Waals surface area contributed by atoms with Crippen molar-refractivity contribution in [3.8, 4) is 0 Å². The molecule has 4 heteroatoms. The van der Waals surface area contributed by atoms with E-state index in [9.17, 15) is 14.8 Å². The first kappa shape index (κ1) is 15.3. The third-order valence-electron chi connectivity index (χ3n) is 8.06. The summed E-state index contributed by atoms with van der Waals surface area (Å²) >= 11 is 0. The highest BCUT2D eigenvalue weighted by Gasteiger charge is 2.63. The van der Waals surface area contributed by atoms with Crippen LogP contribution >= 0.6 is 0 Å². The predicted octanol–water partition coefficient (Wildman–Crippen LogP) is 3.61. The van der Waals surface area contributed by atoms with Gasteiger partial charge in [0.15, 0.2) is 5.78 Å². The smallest absolute Gasteiger partial charge is 0.184 e. The molecule has 0 saturated heterocycles. The monoisotopic (exact) mass is 317 g/mol. The minimum absolute atomic E-state index is 0.0107. The van der Waals surface area contributed by atoms with Crippen LogP contribution in [0, 0.1) is 34.5 Å². The second kappa shape index (κ2) is 4.90. The lowest BCUT2D eigenvalue weighted by atomic mass is 9.44. The van der Waals surface area contributed by atoms with Crippen LogP contribution in [0.1, 0.15) is 65.2 Å². The molecule has 0 aromatic heterocycles. The molecule has 0 heterocycles. The number of oxime groups is 1. The fraction of sp³-hybridized carbons (Fsp3) is 0.842. The van der Waals surface area contributed by atoms with Gasteiger partial charge in [0, 0.05) is 24.7 Å². The number of hydrogen-bond acceptors (Lipinski definition) is 4. The van der Waals surface area contributed by atoms with Gasteiger partial charge in [0.25, 0.3) is 0 Å². The van der Waals surface area contributed by atoms with Crippen molar-refractivity contribution < 1.29 is 14.8 Å². The summed E-state index contributed by atoms with van der Waals surface area (Å²) in [6, 6.07) is 0. The molecule has 4 fully saturated rings. The van der Waals surface area contributed by atoms with Gasteiger partial charge in [0.2, 0.25) is 0 Å². The maximum Gasteiger partial charge on any atom is 0.184 e. The summed E-state index contributed by atoms with van der Waals surface area (Å²) in [6.07, 6.45) is 7.69. The molecule has 1 N–H and O–H groups in total. The zero-order valence-electron chi connectivity index (χ0n) is 14.2. The van der Waals surface area contributed by atoms with Crippen molar-refractivity contribution >= 4 is 17.3 Å². The molecular formula is C19H27NO3. The van der Waals surface area contributed by atoms with Gasteiger partial charge in [-0.1, -0.05) is 25.4 Å². The summed E-state index contributed by atoms with van der Waals surface area (Å²) in [6.45, 7) is 4.60. The Bertz CT molecular complexity index is 597. The second-order valence-electron chi connectivity index (χ2n) is 8.97. The highest BCUT2D eigenvalue weighted by molar-refractivity contribution is 6.42. The quantitative estimate of drug-likeness (QED) is 0.548. The molecule has 126 valence electrons. The van der Waals surface area contributed by atoms with Crippen LogP contribution in [0.25, 0.3) is 0 Å².